The van der Waals surface area contributed by atoms with Crippen LogP contribution in [0.5, 0.6) is 0 Å². The van der Waals surface area contributed by atoms with E-state index in [0.717, 1.165) is 19.3 Å². The highest BCUT2D eigenvalue weighted by Gasteiger charge is 2.14. The van der Waals surface area contributed by atoms with Crippen molar-refractivity contribution in [3.8, 4) is 0 Å². The second-order valence-electron chi connectivity index (χ2n) is 4.18. The summed E-state index contributed by atoms with van der Waals surface area (Å²) < 4.78 is 13.4. The third-order valence-electron chi connectivity index (χ3n) is 2.75. The van der Waals surface area contributed by atoms with Crippen LogP contribution in [-0.4, -0.2) is 5.78 Å². The van der Waals surface area contributed by atoms with Gasteiger partial charge in [0.2, 0.25) is 0 Å². The van der Waals surface area contributed by atoms with E-state index < -0.39 is 5.82 Å². The van der Waals surface area contributed by atoms with Crippen LogP contribution in [-0.2, 0) is 0 Å². The van der Waals surface area contributed by atoms with E-state index in [1.165, 1.54) is 25.0 Å². The van der Waals surface area contributed by atoms with Gasteiger partial charge in [-0.25, -0.2) is 4.39 Å². The van der Waals surface area contributed by atoms with E-state index in [1.54, 1.807) is 6.07 Å². The minimum atomic E-state index is -0.518. The number of halogens is 2. The molecule has 94 valence electrons. The fourth-order valence-corrected chi connectivity index (χ4v) is 2.05. The molecule has 0 aromatic heterocycles. The Labute approximate surface area is 107 Å². The molecule has 0 bridgehead atoms. The molecule has 0 saturated heterocycles. The topological polar surface area (TPSA) is 17.1 Å². The maximum Gasteiger partial charge on any atom is 0.167 e. The van der Waals surface area contributed by atoms with Crippen LogP contribution in [0, 0.1) is 5.82 Å². The molecule has 0 saturated carbocycles. The standard InChI is InChI=1S/C14H18ClFO/c1-2-3-4-5-6-10-13(17)14-11(15)8-7-9-12(14)16/h7-9H,2-6,10H2,1H3. The lowest BCUT2D eigenvalue weighted by Gasteiger charge is -2.04. The zero-order valence-electron chi connectivity index (χ0n) is 10.1. The van der Waals surface area contributed by atoms with E-state index in [9.17, 15) is 9.18 Å². The Hall–Kier alpha value is -0.890. The molecule has 17 heavy (non-hydrogen) atoms. The van der Waals surface area contributed by atoms with Gasteiger partial charge in [-0.05, 0) is 18.6 Å². The summed E-state index contributed by atoms with van der Waals surface area (Å²) in [7, 11) is 0. The fourth-order valence-electron chi connectivity index (χ4n) is 1.78. The molecule has 3 heteroatoms. The van der Waals surface area contributed by atoms with Crippen LogP contribution in [0.25, 0.3) is 0 Å². The van der Waals surface area contributed by atoms with Gasteiger partial charge in [0.15, 0.2) is 5.78 Å². The molecule has 0 N–H and O–H groups in total. The van der Waals surface area contributed by atoms with Gasteiger partial charge in [-0.2, -0.15) is 0 Å². The summed E-state index contributed by atoms with van der Waals surface area (Å²) in [6.07, 6.45) is 5.70. The van der Waals surface area contributed by atoms with Crippen LogP contribution in [0.15, 0.2) is 18.2 Å². The van der Waals surface area contributed by atoms with E-state index in [-0.39, 0.29) is 16.4 Å². The number of rotatable bonds is 7. The first kappa shape index (κ1) is 14.2. The van der Waals surface area contributed by atoms with E-state index in [0.29, 0.717) is 6.42 Å². The Morgan fingerprint density at radius 2 is 1.94 bits per heavy atom. The Morgan fingerprint density at radius 1 is 1.24 bits per heavy atom. The Kier molecular flexibility index (Phi) is 6.20. The van der Waals surface area contributed by atoms with Crippen LogP contribution in [0.3, 0.4) is 0 Å². The highest BCUT2D eigenvalue weighted by atomic mass is 35.5. The predicted octanol–water partition coefficient (Wildman–Crippen LogP) is 5.02. The normalized spacial score (nSPS) is 10.5. The van der Waals surface area contributed by atoms with Crippen molar-refractivity contribution in [2.75, 3.05) is 0 Å². The summed E-state index contributed by atoms with van der Waals surface area (Å²) in [6.45, 7) is 2.14. The predicted molar refractivity (Wildman–Crippen MR) is 69.1 cm³/mol. The van der Waals surface area contributed by atoms with Gasteiger partial charge < -0.3 is 0 Å². The van der Waals surface area contributed by atoms with Gasteiger partial charge in [-0.15, -0.1) is 0 Å². The van der Waals surface area contributed by atoms with Crippen LogP contribution in [0.1, 0.15) is 55.8 Å². The molecule has 0 spiro atoms. The van der Waals surface area contributed by atoms with Crippen LogP contribution in [0.4, 0.5) is 4.39 Å². The smallest absolute Gasteiger partial charge is 0.167 e. The molecular weight excluding hydrogens is 239 g/mol. The average Bonchev–Trinajstić information content (AvgIpc) is 2.28. The van der Waals surface area contributed by atoms with Gasteiger partial charge in [0.1, 0.15) is 5.82 Å². The van der Waals surface area contributed by atoms with Gasteiger partial charge >= 0.3 is 0 Å². The number of unbranched alkanes of at least 4 members (excludes halogenated alkanes) is 4. The monoisotopic (exact) mass is 256 g/mol. The Morgan fingerprint density at radius 3 is 2.59 bits per heavy atom. The van der Waals surface area contributed by atoms with Crippen molar-refractivity contribution in [1.29, 1.82) is 0 Å². The third kappa shape index (κ3) is 4.47. The van der Waals surface area contributed by atoms with E-state index >= 15 is 0 Å². The summed E-state index contributed by atoms with van der Waals surface area (Å²) in [4.78, 5) is 11.8. The maximum atomic E-state index is 13.4. The number of hydrogen-bond acceptors (Lipinski definition) is 1. The number of hydrogen-bond donors (Lipinski definition) is 0. The molecule has 0 aliphatic rings. The minimum absolute atomic E-state index is 0.0460. The molecule has 0 radical (unpaired) electrons. The molecule has 0 aliphatic heterocycles. The molecule has 0 amide bonds. The van der Waals surface area contributed by atoms with Crippen molar-refractivity contribution < 1.29 is 9.18 Å². The van der Waals surface area contributed by atoms with Crippen molar-refractivity contribution in [3.05, 3.63) is 34.6 Å². The van der Waals surface area contributed by atoms with Crippen molar-refractivity contribution in [3.63, 3.8) is 0 Å². The fraction of sp³-hybridized carbons (Fsp3) is 0.500. The highest BCUT2D eigenvalue weighted by molar-refractivity contribution is 6.34. The summed E-state index contributed by atoms with van der Waals surface area (Å²) in [6, 6.07) is 4.33. The molecule has 1 aromatic rings. The van der Waals surface area contributed by atoms with E-state index in [4.69, 9.17) is 11.6 Å². The van der Waals surface area contributed by atoms with Gasteiger partial charge in [0.25, 0.3) is 0 Å². The highest BCUT2D eigenvalue weighted by Crippen LogP contribution is 2.21. The van der Waals surface area contributed by atoms with Crippen LogP contribution >= 0.6 is 11.6 Å². The Bertz CT molecular complexity index is 356. The van der Waals surface area contributed by atoms with Gasteiger partial charge in [-0.3, -0.25) is 4.79 Å². The first-order valence-corrected chi connectivity index (χ1v) is 6.51. The lowest BCUT2D eigenvalue weighted by molar-refractivity contribution is 0.0975. The van der Waals surface area contributed by atoms with E-state index in [2.05, 4.69) is 6.92 Å². The van der Waals surface area contributed by atoms with Crippen molar-refractivity contribution >= 4 is 17.4 Å². The van der Waals surface area contributed by atoms with Gasteiger partial charge in [-0.1, -0.05) is 50.3 Å². The number of carbonyl (C=O) groups is 1. The average molecular weight is 257 g/mol. The molecule has 0 heterocycles. The number of carbonyl (C=O) groups excluding carboxylic acids is 1. The molecule has 1 nitrogen and oxygen atoms in total. The van der Waals surface area contributed by atoms with E-state index in [1.807, 2.05) is 0 Å². The zero-order valence-corrected chi connectivity index (χ0v) is 10.9. The maximum absolute atomic E-state index is 13.4. The van der Waals surface area contributed by atoms with Gasteiger partial charge in [0.05, 0.1) is 10.6 Å². The molecule has 0 fully saturated rings. The molecule has 0 atom stereocenters. The summed E-state index contributed by atoms with van der Waals surface area (Å²) in [5.74, 6) is -0.708. The largest absolute Gasteiger partial charge is 0.294 e. The SMILES string of the molecule is CCCCCCCC(=O)c1c(F)cccc1Cl. The molecule has 0 unspecified atom stereocenters. The van der Waals surface area contributed by atoms with Crippen LogP contribution < -0.4 is 0 Å². The minimum Gasteiger partial charge on any atom is -0.294 e. The van der Waals surface area contributed by atoms with Crippen molar-refractivity contribution in [2.24, 2.45) is 0 Å². The zero-order chi connectivity index (χ0) is 12.7. The Balaban J connectivity index is 2.47. The second kappa shape index (κ2) is 7.44. The van der Waals surface area contributed by atoms with Gasteiger partial charge in [0, 0.05) is 6.42 Å². The summed E-state index contributed by atoms with van der Waals surface area (Å²) >= 11 is 5.83. The van der Waals surface area contributed by atoms with Crippen LogP contribution in [0.2, 0.25) is 5.02 Å². The third-order valence-corrected chi connectivity index (χ3v) is 3.06. The molecule has 1 aromatic carbocycles. The molecule has 1 rings (SSSR count). The van der Waals surface area contributed by atoms with Crippen molar-refractivity contribution in [2.45, 2.75) is 45.4 Å². The lowest BCUT2D eigenvalue weighted by Crippen LogP contribution is -2.03. The van der Waals surface area contributed by atoms with Crippen molar-refractivity contribution in [1.82, 2.24) is 0 Å². The number of benzene rings is 1. The summed E-state index contributed by atoms with van der Waals surface area (Å²) in [5.41, 5.74) is 0.0460. The second-order valence-corrected chi connectivity index (χ2v) is 4.59. The lowest BCUT2D eigenvalue weighted by atomic mass is 10.0. The first-order valence-electron chi connectivity index (χ1n) is 6.14. The first-order chi connectivity index (χ1) is 8.16. The quantitative estimate of drug-likeness (QED) is 0.494. The molecular formula is C14H18ClFO. The summed E-state index contributed by atoms with van der Waals surface area (Å²) in [5, 5.41) is 0.212. The molecule has 0 aliphatic carbocycles. The number of ketones is 1. The number of Topliss-reactive ketones (excluding diaryl/α,β-unsaturated/α-hetero) is 1.